The first-order valence-electron chi connectivity index (χ1n) is 6.91. The minimum atomic E-state index is 0.205. The summed E-state index contributed by atoms with van der Waals surface area (Å²) in [6.45, 7) is 6.14. The number of piperazine rings is 1. The molecule has 1 N–H and O–H groups in total. The second-order valence-electron chi connectivity index (χ2n) is 5.20. The Labute approximate surface area is 115 Å². The number of hydrogen-bond acceptors (Lipinski definition) is 3. The number of rotatable bonds is 4. The van der Waals surface area contributed by atoms with Crippen LogP contribution in [0, 0.1) is 0 Å². The first kappa shape index (κ1) is 14.0. The third-order valence-electron chi connectivity index (χ3n) is 3.72. The van der Waals surface area contributed by atoms with Crippen LogP contribution in [0.1, 0.15) is 18.5 Å². The topological polar surface area (TPSA) is 35.6 Å². The summed E-state index contributed by atoms with van der Waals surface area (Å²) in [5.41, 5.74) is 1.22. The first-order chi connectivity index (χ1) is 9.16. The second-order valence-corrected chi connectivity index (χ2v) is 5.20. The molecule has 1 fully saturated rings. The van der Waals surface area contributed by atoms with Gasteiger partial charge in [0.05, 0.1) is 6.54 Å². The van der Waals surface area contributed by atoms with Crippen LogP contribution in [0.2, 0.25) is 0 Å². The molecule has 2 rings (SSSR count). The minimum absolute atomic E-state index is 0.205. The van der Waals surface area contributed by atoms with Gasteiger partial charge < -0.3 is 15.1 Å². The highest BCUT2D eigenvalue weighted by Gasteiger charge is 2.19. The maximum Gasteiger partial charge on any atom is 0.236 e. The summed E-state index contributed by atoms with van der Waals surface area (Å²) in [5, 5.41) is 3.30. The minimum Gasteiger partial charge on any atom is -0.339 e. The molecule has 1 atom stereocenters. The Morgan fingerprint density at radius 1 is 1.21 bits per heavy atom. The molecule has 0 aliphatic carbocycles. The average Bonchev–Trinajstić information content (AvgIpc) is 2.46. The lowest BCUT2D eigenvalue weighted by Crippen LogP contribution is -2.49. The van der Waals surface area contributed by atoms with Crippen molar-refractivity contribution in [3.8, 4) is 0 Å². The molecule has 1 aliphatic heterocycles. The van der Waals surface area contributed by atoms with Crippen LogP contribution in [0.15, 0.2) is 30.3 Å². The lowest BCUT2D eigenvalue weighted by atomic mass is 10.1. The van der Waals surface area contributed by atoms with Gasteiger partial charge in [-0.3, -0.25) is 4.79 Å². The fourth-order valence-electron chi connectivity index (χ4n) is 2.27. The molecule has 4 nitrogen and oxygen atoms in total. The Kier molecular flexibility index (Phi) is 4.93. The first-order valence-corrected chi connectivity index (χ1v) is 6.91. The molecule has 1 amide bonds. The van der Waals surface area contributed by atoms with Gasteiger partial charge in [0.15, 0.2) is 0 Å². The predicted octanol–water partition coefficient (Wildman–Crippen LogP) is 1.11. The highest BCUT2D eigenvalue weighted by atomic mass is 16.2. The lowest BCUT2D eigenvalue weighted by Gasteiger charge is -2.32. The number of nitrogens with zero attached hydrogens (tertiary/aromatic N) is 2. The standard InChI is InChI=1S/C15H23N3O/c1-13(14-6-4-3-5-7-14)16-12-15(19)18-10-8-17(2)9-11-18/h3-7,13,16H,8-12H2,1-2H3. The van der Waals surface area contributed by atoms with Gasteiger partial charge in [-0.25, -0.2) is 0 Å². The highest BCUT2D eigenvalue weighted by molar-refractivity contribution is 5.78. The monoisotopic (exact) mass is 261 g/mol. The van der Waals surface area contributed by atoms with Gasteiger partial charge >= 0.3 is 0 Å². The molecule has 0 spiro atoms. The van der Waals surface area contributed by atoms with Gasteiger partial charge in [0.2, 0.25) is 5.91 Å². The van der Waals surface area contributed by atoms with E-state index < -0.39 is 0 Å². The lowest BCUT2D eigenvalue weighted by molar-refractivity contribution is -0.131. The van der Waals surface area contributed by atoms with Gasteiger partial charge in [0.25, 0.3) is 0 Å². The number of benzene rings is 1. The van der Waals surface area contributed by atoms with E-state index in [0.717, 1.165) is 26.2 Å². The van der Waals surface area contributed by atoms with E-state index in [1.165, 1.54) is 5.56 Å². The van der Waals surface area contributed by atoms with Crippen molar-refractivity contribution < 1.29 is 4.79 Å². The van der Waals surface area contributed by atoms with Crippen molar-refractivity contribution in [2.24, 2.45) is 0 Å². The van der Waals surface area contributed by atoms with Gasteiger partial charge in [-0.2, -0.15) is 0 Å². The van der Waals surface area contributed by atoms with Crippen LogP contribution in [0.5, 0.6) is 0 Å². The Morgan fingerprint density at radius 3 is 2.47 bits per heavy atom. The van der Waals surface area contributed by atoms with Crippen molar-refractivity contribution in [3.05, 3.63) is 35.9 Å². The van der Waals surface area contributed by atoms with Crippen LogP contribution in [0.25, 0.3) is 0 Å². The molecule has 1 saturated heterocycles. The summed E-state index contributed by atoms with van der Waals surface area (Å²) in [6.07, 6.45) is 0. The van der Waals surface area contributed by atoms with Crippen molar-refractivity contribution in [1.29, 1.82) is 0 Å². The number of likely N-dealkylation sites (N-methyl/N-ethyl adjacent to an activating group) is 1. The summed E-state index contributed by atoms with van der Waals surface area (Å²) in [6, 6.07) is 10.4. The van der Waals surface area contributed by atoms with Crippen LogP contribution in [0.4, 0.5) is 0 Å². The molecule has 0 radical (unpaired) electrons. The second kappa shape index (κ2) is 6.68. The SMILES string of the molecule is CC(NCC(=O)N1CCN(C)CC1)c1ccccc1. The average molecular weight is 261 g/mol. The fraction of sp³-hybridized carbons (Fsp3) is 0.533. The van der Waals surface area contributed by atoms with E-state index >= 15 is 0 Å². The van der Waals surface area contributed by atoms with Crippen LogP contribution < -0.4 is 5.32 Å². The number of nitrogens with one attached hydrogen (secondary N) is 1. The zero-order valence-corrected chi connectivity index (χ0v) is 11.8. The highest BCUT2D eigenvalue weighted by Crippen LogP contribution is 2.10. The Morgan fingerprint density at radius 2 is 1.84 bits per heavy atom. The molecule has 0 aromatic heterocycles. The molecular formula is C15H23N3O. The van der Waals surface area contributed by atoms with Crippen molar-refractivity contribution in [1.82, 2.24) is 15.1 Å². The van der Waals surface area contributed by atoms with E-state index in [1.807, 2.05) is 23.1 Å². The predicted molar refractivity (Wildman–Crippen MR) is 76.9 cm³/mol. The maximum absolute atomic E-state index is 12.1. The molecule has 4 heteroatoms. The summed E-state index contributed by atoms with van der Waals surface area (Å²) < 4.78 is 0. The molecular weight excluding hydrogens is 238 g/mol. The zero-order valence-electron chi connectivity index (χ0n) is 11.8. The van der Waals surface area contributed by atoms with Gasteiger partial charge in [-0.15, -0.1) is 0 Å². The van der Waals surface area contributed by atoms with Crippen molar-refractivity contribution in [2.75, 3.05) is 39.8 Å². The van der Waals surface area contributed by atoms with Gasteiger partial charge in [-0.05, 0) is 19.5 Å². The van der Waals surface area contributed by atoms with Crippen LogP contribution in [-0.2, 0) is 4.79 Å². The summed E-state index contributed by atoms with van der Waals surface area (Å²) in [4.78, 5) is 16.3. The van der Waals surface area contributed by atoms with Crippen LogP contribution in [-0.4, -0.2) is 55.5 Å². The third kappa shape index (κ3) is 4.04. The number of hydrogen-bond donors (Lipinski definition) is 1. The molecule has 0 bridgehead atoms. The Balaban J connectivity index is 1.77. The Bertz CT molecular complexity index is 399. The van der Waals surface area contributed by atoms with Gasteiger partial charge in [0, 0.05) is 32.2 Å². The number of carbonyl (C=O) groups excluding carboxylic acids is 1. The van der Waals surface area contributed by atoms with E-state index in [-0.39, 0.29) is 11.9 Å². The quantitative estimate of drug-likeness (QED) is 0.882. The summed E-state index contributed by atoms with van der Waals surface area (Å²) in [5.74, 6) is 0.205. The normalized spacial score (nSPS) is 18.3. The van der Waals surface area contributed by atoms with E-state index in [9.17, 15) is 4.79 Å². The number of carbonyl (C=O) groups is 1. The maximum atomic E-state index is 12.1. The zero-order chi connectivity index (χ0) is 13.7. The molecule has 104 valence electrons. The summed E-state index contributed by atoms with van der Waals surface area (Å²) in [7, 11) is 2.09. The largest absolute Gasteiger partial charge is 0.339 e. The Hall–Kier alpha value is -1.39. The van der Waals surface area contributed by atoms with E-state index in [1.54, 1.807) is 0 Å². The molecule has 1 unspecified atom stereocenters. The molecule has 1 heterocycles. The summed E-state index contributed by atoms with van der Waals surface area (Å²) >= 11 is 0. The van der Waals surface area contributed by atoms with Crippen molar-refractivity contribution in [3.63, 3.8) is 0 Å². The smallest absolute Gasteiger partial charge is 0.236 e. The number of amides is 1. The van der Waals surface area contributed by atoms with Crippen LogP contribution in [0.3, 0.4) is 0 Å². The van der Waals surface area contributed by atoms with Crippen LogP contribution >= 0.6 is 0 Å². The van der Waals surface area contributed by atoms with E-state index in [2.05, 4.69) is 36.3 Å². The van der Waals surface area contributed by atoms with E-state index in [4.69, 9.17) is 0 Å². The van der Waals surface area contributed by atoms with Gasteiger partial charge in [0.1, 0.15) is 0 Å². The third-order valence-corrected chi connectivity index (χ3v) is 3.72. The fourth-order valence-corrected chi connectivity index (χ4v) is 2.27. The molecule has 1 aliphatic rings. The van der Waals surface area contributed by atoms with Crippen molar-refractivity contribution in [2.45, 2.75) is 13.0 Å². The molecule has 0 saturated carbocycles. The molecule has 1 aromatic rings. The van der Waals surface area contributed by atoms with Gasteiger partial charge in [-0.1, -0.05) is 30.3 Å². The van der Waals surface area contributed by atoms with E-state index in [0.29, 0.717) is 6.54 Å². The van der Waals surface area contributed by atoms with Crippen molar-refractivity contribution >= 4 is 5.91 Å². The molecule has 1 aromatic carbocycles. The molecule has 19 heavy (non-hydrogen) atoms.